The maximum atomic E-state index is 12.1. The fourth-order valence-corrected chi connectivity index (χ4v) is 2.38. The van der Waals surface area contributed by atoms with Gasteiger partial charge in [0.15, 0.2) is 11.5 Å². The van der Waals surface area contributed by atoms with Crippen molar-refractivity contribution in [1.82, 2.24) is 10.6 Å². The topological polar surface area (TPSA) is 99.0 Å². The number of carbonyl (C=O) groups excluding carboxylic acids is 2. The molecule has 0 saturated heterocycles. The molecule has 1 aromatic carbocycles. The molecule has 2 amide bonds. The van der Waals surface area contributed by atoms with Gasteiger partial charge in [0.1, 0.15) is 5.76 Å². The number of furan rings is 1. The summed E-state index contributed by atoms with van der Waals surface area (Å²) < 4.78 is 21.0. The molecule has 2 aromatic rings. The second kappa shape index (κ2) is 9.36. The quantitative estimate of drug-likeness (QED) is 0.697. The summed E-state index contributed by atoms with van der Waals surface area (Å²) in [6, 6.07) is 6.90. The van der Waals surface area contributed by atoms with Crippen LogP contribution >= 0.6 is 0 Å². The molecule has 0 aliphatic carbocycles. The van der Waals surface area contributed by atoms with Crippen LogP contribution in [0.25, 0.3) is 0 Å². The highest BCUT2D eigenvalue weighted by atomic mass is 16.5. The molecule has 0 fully saturated rings. The molecule has 0 radical (unpaired) electrons. The van der Waals surface area contributed by atoms with Gasteiger partial charge in [0.25, 0.3) is 0 Å². The predicted octanol–water partition coefficient (Wildman–Crippen LogP) is 1.28. The predicted molar refractivity (Wildman–Crippen MR) is 93.4 cm³/mol. The first-order valence-corrected chi connectivity index (χ1v) is 7.92. The molecule has 0 bridgehead atoms. The summed E-state index contributed by atoms with van der Waals surface area (Å²) in [5, 5.41) is 5.22. The monoisotopic (exact) mass is 362 g/mol. The first kappa shape index (κ1) is 19.2. The van der Waals surface area contributed by atoms with E-state index in [0.717, 1.165) is 0 Å². The molecule has 8 heteroatoms. The van der Waals surface area contributed by atoms with Crippen molar-refractivity contribution in [2.24, 2.45) is 0 Å². The Labute approximate surface area is 151 Å². The molecule has 0 saturated carbocycles. The van der Waals surface area contributed by atoms with Crippen molar-refractivity contribution in [2.45, 2.75) is 13.0 Å². The van der Waals surface area contributed by atoms with Crippen LogP contribution in [0.1, 0.15) is 11.3 Å². The van der Waals surface area contributed by atoms with E-state index < -0.39 is 0 Å². The Morgan fingerprint density at radius 3 is 2.35 bits per heavy atom. The Bertz CT molecular complexity index is 742. The Balaban J connectivity index is 1.90. The van der Waals surface area contributed by atoms with E-state index >= 15 is 0 Å². The van der Waals surface area contributed by atoms with Gasteiger partial charge in [0.05, 0.1) is 47.1 Å². The molecule has 26 heavy (non-hydrogen) atoms. The third-order valence-corrected chi connectivity index (χ3v) is 3.62. The van der Waals surface area contributed by atoms with Gasteiger partial charge >= 0.3 is 0 Å². The number of ether oxygens (including phenoxy) is 3. The van der Waals surface area contributed by atoms with Crippen molar-refractivity contribution >= 4 is 11.8 Å². The standard InChI is InChI=1S/C18H22N2O6/c1-23-14-7-6-12(17(24-2)18(14)25-3)9-15(21)20-11-16(22)19-10-13-5-4-8-26-13/h4-8H,9-11H2,1-3H3,(H,19,22)(H,20,21). The zero-order valence-corrected chi connectivity index (χ0v) is 15.0. The molecule has 8 nitrogen and oxygen atoms in total. The number of amides is 2. The number of hydrogen-bond acceptors (Lipinski definition) is 6. The maximum Gasteiger partial charge on any atom is 0.239 e. The van der Waals surface area contributed by atoms with Crippen molar-refractivity contribution in [3.05, 3.63) is 41.9 Å². The van der Waals surface area contributed by atoms with Gasteiger partial charge in [-0.3, -0.25) is 9.59 Å². The fraction of sp³-hybridized carbons (Fsp3) is 0.333. The van der Waals surface area contributed by atoms with Gasteiger partial charge < -0.3 is 29.3 Å². The average molecular weight is 362 g/mol. The van der Waals surface area contributed by atoms with Gasteiger partial charge in [-0.25, -0.2) is 0 Å². The summed E-state index contributed by atoms with van der Waals surface area (Å²) in [5.41, 5.74) is 0.624. The van der Waals surface area contributed by atoms with E-state index in [4.69, 9.17) is 18.6 Å². The summed E-state index contributed by atoms with van der Waals surface area (Å²) in [5.74, 6) is 1.35. The largest absolute Gasteiger partial charge is 0.493 e. The summed E-state index contributed by atoms with van der Waals surface area (Å²) in [4.78, 5) is 23.9. The first-order valence-electron chi connectivity index (χ1n) is 7.92. The highest BCUT2D eigenvalue weighted by molar-refractivity contribution is 5.86. The van der Waals surface area contributed by atoms with Gasteiger partial charge in [-0.1, -0.05) is 6.07 Å². The maximum absolute atomic E-state index is 12.1. The SMILES string of the molecule is COc1ccc(CC(=O)NCC(=O)NCc2ccco2)c(OC)c1OC. The lowest BCUT2D eigenvalue weighted by Gasteiger charge is -2.15. The normalized spacial score (nSPS) is 10.1. The van der Waals surface area contributed by atoms with Crippen molar-refractivity contribution in [1.29, 1.82) is 0 Å². The number of carbonyl (C=O) groups is 2. The minimum atomic E-state index is -0.316. The van der Waals surface area contributed by atoms with Gasteiger partial charge in [-0.2, -0.15) is 0 Å². The smallest absolute Gasteiger partial charge is 0.239 e. The molecule has 140 valence electrons. The van der Waals surface area contributed by atoms with Crippen LogP contribution in [0.2, 0.25) is 0 Å². The summed E-state index contributed by atoms with van der Waals surface area (Å²) in [6.45, 7) is 0.139. The summed E-state index contributed by atoms with van der Waals surface area (Å²) in [7, 11) is 4.50. The van der Waals surface area contributed by atoms with Crippen molar-refractivity contribution in [3.63, 3.8) is 0 Å². The van der Waals surface area contributed by atoms with Crippen LogP contribution in [0, 0.1) is 0 Å². The second-order valence-corrected chi connectivity index (χ2v) is 5.30. The number of rotatable bonds is 9. The average Bonchev–Trinajstić information content (AvgIpc) is 3.17. The molecule has 1 heterocycles. The lowest BCUT2D eigenvalue weighted by Crippen LogP contribution is -2.37. The second-order valence-electron chi connectivity index (χ2n) is 5.30. The molecular formula is C18H22N2O6. The number of hydrogen-bond donors (Lipinski definition) is 2. The molecule has 0 unspecified atom stereocenters. The Morgan fingerprint density at radius 2 is 1.73 bits per heavy atom. The van der Waals surface area contributed by atoms with Crippen LogP contribution in [0.3, 0.4) is 0 Å². The van der Waals surface area contributed by atoms with Crippen molar-refractivity contribution in [2.75, 3.05) is 27.9 Å². The zero-order valence-electron chi connectivity index (χ0n) is 15.0. The lowest BCUT2D eigenvalue weighted by atomic mass is 10.1. The Morgan fingerprint density at radius 1 is 0.962 bits per heavy atom. The van der Waals surface area contributed by atoms with Gasteiger partial charge in [0.2, 0.25) is 17.6 Å². The van der Waals surface area contributed by atoms with Crippen LogP contribution in [0.5, 0.6) is 17.2 Å². The van der Waals surface area contributed by atoms with Gasteiger partial charge in [-0.05, 0) is 18.2 Å². The highest BCUT2D eigenvalue weighted by Crippen LogP contribution is 2.39. The van der Waals surface area contributed by atoms with Crippen LogP contribution < -0.4 is 24.8 Å². The Hall–Kier alpha value is -3.16. The number of methoxy groups -OCH3 is 3. The fourth-order valence-electron chi connectivity index (χ4n) is 2.38. The van der Waals surface area contributed by atoms with E-state index in [9.17, 15) is 9.59 Å². The van der Waals surface area contributed by atoms with E-state index in [1.165, 1.54) is 27.6 Å². The van der Waals surface area contributed by atoms with E-state index in [-0.39, 0.29) is 31.3 Å². The third-order valence-electron chi connectivity index (χ3n) is 3.62. The number of nitrogens with one attached hydrogen (secondary N) is 2. The molecule has 1 aromatic heterocycles. The first-order chi connectivity index (χ1) is 12.6. The third kappa shape index (κ3) is 4.92. The molecular weight excluding hydrogens is 340 g/mol. The minimum Gasteiger partial charge on any atom is -0.493 e. The highest BCUT2D eigenvalue weighted by Gasteiger charge is 2.18. The van der Waals surface area contributed by atoms with Gasteiger partial charge in [0, 0.05) is 5.56 Å². The van der Waals surface area contributed by atoms with E-state index in [1.54, 1.807) is 24.3 Å². The van der Waals surface area contributed by atoms with Crippen LogP contribution in [0.4, 0.5) is 0 Å². The van der Waals surface area contributed by atoms with Crippen LogP contribution in [-0.2, 0) is 22.6 Å². The summed E-state index contributed by atoms with van der Waals surface area (Å²) in [6.07, 6.45) is 1.56. The molecule has 0 aliphatic rings. The zero-order chi connectivity index (χ0) is 18.9. The molecule has 2 N–H and O–H groups in total. The summed E-state index contributed by atoms with van der Waals surface area (Å²) >= 11 is 0. The van der Waals surface area contributed by atoms with E-state index in [2.05, 4.69) is 10.6 Å². The minimum absolute atomic E-state index is 0.0367. The Kier molecular flexibility index (Phi) is 6.90. The lowest BCUT2D eigenvalue weighted by molar-refractivity contribution is -0.125. The molecule has 0 aliphatic heterocycles. The molecule has 0 atom stereocenters. The van der Waals surface area contributed by atoms with E-state index in [1.807, 2.05) is 0 Å². The van der Waals surface area contributed by atoms with Crippen LogP contribution in [-0.4, -0.2) is 39.7 Å². The molecule has 0 spiro atoms. The van der Waals surface area contributed by atoms with E-state index in [0.29, 0.717) is 28.6 Å². The number of benzene rings is 1. The van der Waals surface area contributed by atoms with Gasteiger partial charge in [-0.15, -0.1) is 0 Å². The van der Waals surface area contributed by atoms with Crippen LogP contribution in [0.15, 0.2) is 34.9 Å². The molecule has 2 rings (SSSR count). The van der Waals surface area contributed by atoms with Crippen molar-refractivity contribution < 1.29 is 28.2 Å². The van der Waals surface area contributed by atoms with Crippen molar-refractivity contribution in [3.8, 4) is 17.2 Å².